The van der Waals surface area contributed by atoms with E-state index in [1.54, 1.807) is 13.2 Å². The second-order valence-electron chi connectivity index (χ2n) is 9.38. The molecule has 3 atom stereocenters. The molecule has 0 fully saturated rings. The number of unbranched alkanes of at least 4 members (excludes halogenated alkanes) is 1. The largest absolute Gasteiger partial charge is 0.496 e. The van der Waals surface area contributed by atoms with Gasteiger partial charge in [-0.2, -0.15) is 13.2 Å². The van der Waals surface area contributed by atoms with E-state index in [1.807, 2.05) is 18.2 Å². The van der Waals surface area contributed by atoms with Crippen LogP contribution < -0.4 is 9.47 Å². The Kier molecular flexibility index (Phi) is 9.89. The van der Waals surface area contributed by atoms with Crippen LogP contribution in [0.1, 0.15) is 96.1 Å². The maximum Gasteiger partial charge on any atom is 0.389 e. The molecule has 0 aromatic heterocycles. The fourth-order valence-electron chi connectivity index (χ4n) is 4.27. The molecule has 0 bridgehead atoms. The first kappa shape index (κ1) is 27.3. The lowest BCUT2D eigenvalue weighted by atomic mass is 9.84. The Balaban J connectivity index is 2.10. The van der Waals surface area contributed by atoms with Crippen LogP contribution in [0.3, 0.4) is 0 Å². The summed E-state index contributed by atoms with van der Waals surface area (Å²) in [5, 5.41) is 11.0. The van der Waals surface area contributed by atoms with Crippen LogP contribution in [0, 0.1) is 5.92 Å². The van der Waals surface area contributed by atoms with E-state index < -0.39 is 18.4 Å². The van der Waals surface area contributed by atoms with Crippen LogP contribution in [0.4, 0.5) is 13.2 Å². The van der Waals surface area contributed by atoms with Gasteiger partial charge in [0.25, 0.3) is 0 Å². The fourth-order valence-corrected chi connectivity index (χ4v) is 4.27. The predicted molar refractivity (Wildman–Crippen MR) is 128 cm³/mol. The summed E-state index contributed by atoms with van der Waals surface area (Å²) in [5.74, 6) is 0.157. The number of halogens is 3. The van der Waals surface area contributed by atoms with Crippen LogP contribution in [-0.2, 0) is 0 Å². The average molecular weight is 469 g/mol. The second-order valence-corrected chi connectivity index (χ2v) is 9.38. The summed E-state index contributed by atoms with van der Waals surface area (Å²) in [6.45, 7) is 8.38. The van der Waals surface area contributed by atoms with Gasteiger partial charge in [0.05, 0.1) is 12.7 Å². The molecule has 1 aromatic rings. The molecule has 1 aromatic carbocycles. The molecule has 2 rings (SSSR count). The number of benzene rings is 1. The first-order valence-corrected chi connectivity index (χ1v) is 12.0. The lowest BCUT2D eigenvalue weighted by Crippen LogP contribution is -2.35. The first-order valence-electron chi connectivity index (χ1n) is 12.0. The second kappa shape index (κ2) is 12.0. The number of alkyl halides is 3. The summed E-state index contributed by atoms with van der Waals surface area (Å²) in [6.07, 6.45) is 5.55. The van der Waals surface area contributed by atoms with E-state index in [0.717, 1.165) is 24.0 Å². The van der Waals surface area contributed by atoms with Gasteiger partial charge in [-0.05, 0) is 67.9 Å². The molecule has 1 N–H and O–H groups in total. The monoisotopic (exact) mass is 468 g/mol. The topological polar surface area (TPSA) is 38.7 Å². The van der Waals surface area contributed by atoms with E-state index in [9.17, 15) is 18.3 Å². The molecule has 0 saturated carbocycles. The summed E-state index contributed by atoms with van der Waals surface area (Å²) >= 11 is 0. The maximum atomic E-state index is 12.4. The predicted octanol–water partition coefficient (Wildman–Crippen LogP) is 8.18. The van der Waals surface area contributed by atoms with Gasteiger partial charge >= 0.3 is 6.18 Å². The molecule has 0 saturated heterocycles. The summed E-state index contributed by atoms with van der Waals surface area (Å²) in [6, 6.07) is 3.89. The van der Waals surface area contributed by atoms with Gasteiger partial charge in [0.2, 0.25) is 5.79 Å². The SMILES string of the molecule is CCCC(C)=CCCC1(O)C=Cc2c(OC)cc(C(C)C(C)CCCCC(F)(F)F)cc2O1. The van der Waals surface area contributed by atoms with Crippen molar-refractivity contribution < 1.29 is 27.8 Å². The van der Waals surface area contributed by atoms with Crippen molar-refractivity contribution in [2.75, 3.05) is 7.11 Å². The van der Waals surface area contributed by atoms with E-state index >= 15 is 0 Å². The minimum Gasteiger partial charge on any atom is -0.496 e. The molecule has 3 nitrogen and oxygen atoms in total. The highest BCUT2D eigenvalue weighted by atomic mass is 19.4. The van der Waals surface area contributed by atoms with Crippen molar-refractivity contribution >= 4 is 6.08 Å². The van der Waals surface area contributed by atoms with Crippen molar-refractivity contribution in [1.82, 2.24) is 0 Å². The Morgan fingerprint density at radius 1 is 1.24 bits per heavy atom. The number of rotatable bonds is 12. The number of hydrogen-bond acceptors (Lipinski definition) is 3. The Labute approximate surface area is 196 Å². The molecule has 0 aliphatic carbocycles. The summed E-state index contributed by atoms with van der Waals surface area (Å²) in [4.78, 5) is 0. The molecule has 0 spiro atoms. The summed E-state index contributed by atoms with van der Waals surface area (Å²) in [7, 11) is 1.60. The molecular formula is C27H39F3O3. The molecule has 0 radical (unpaired) electrons. The van der Waals surface area contributed by atoms with Gasteiger partial charge < -0.3 is 14.6 Å². The lowest BCUT2D eigenvalue weighted by molar-refractivity contribution is -0.135. The minimum atomic E-state index is -4.09. The van der Waals surface area contributed by atoms with Crippen molar-refractivity contribution in [3.8, 4) is 11.5 Å². The Morgan fingerprint density at radius 3 is 2.61 bits per heavy atom. The van der Waals surface area contributed by atoms with Crippen molar-refractivity contribution in [1.29, 1.82) is 0 Å². The molecular weight excluding hydrogens is 429 g/mol. The van der Waals surface area contributed by atoms with Gasteiger partial charge in [-0.3, -0.25) is 0 Å². The zero-order valence-corrected chi connectivity index (χ0v) is 20.6. The Bertz CT molecular complexity index is 829. The smallest absolute Gasteiger partial charge is 0.389 e. The van der Waals surface area contributed by atoms with Crippen LogP contribution in [0.15, 0.2) is 29.9 Å². The minimum absolute atomic E-state index is 0.109. The van der Waals surface area contributed by atoms with Crippen LogP contribution in [0.2, 0.25) is 0 Å². The van der Waals surface area contributed by atoms with Gasteiger partial charge in [0.1, 0.15) is 11.5 Å². The fraction of sp³-hybridized carbons (Fsp3) is 0.630. The van der Waals surface area contributed by atoms with Crippen LogP contribution in [-0.4, -0.2) is 24.2 Å². The average Bonchev–Trinajstić information content (AvgIpc) is 2.74. The zero-order chi connectivity index (χ0) is 24.6. The highest BCUT2D eigenvalue weighted by Gasteiger charge is 2.31. The molecule has 186 valence electrons. The van der Waals surface area contributed by atoms with Gasteiger partial charge in [0.15, 0.2) is 0 Å². The quantitative estimate of drug-likeness (QED) is 0.248. The molecule has 1 aliphatic rings. The van der Waals surface area contributed by atoms with Gasteiger partial charge in [-0.15, -0.1) is 0 Å². The van der Waals surface area contributed by atoms with Crippen LogP contribution in [0.5, 0.6) is 11.5 Å². The van der Waals surface area contributed by atoms with E-state index in [2.05, 4.69) is 33.8 Å². The van der Waals surface area contributed by atoms with Crippen molar-refractivity contribution in [2.45, 2.75) is 96.9 Å². The number of hydrogen-bond donors (Lipinski definition) is 1. The lowest BCUT2D eigenvalue weighted by Gasteiger charge is -2.31. The van der Waals surface area contributed by atoms with E-state index in [-0.39, 0.29) is 18.3 Å². The number of methoxy groups -OCH3 is 1. The van der Waals surface area contributed by atoms with Crippen molar-refractivity contribution in [3.05, 3.63) is 41.0 Å². The van der Waals surface area contributed by atoms with Crippen LogP contribution >= 0.6 is 0 Å². The van der Waals surface area contributed by atoms with Crippen LogP contribution in [0.25, 0.3) is 6.08 Å². The normalized spacial score (nSPS) is 20.2. The van der Waals surface area contributed by atoms with E-state index in [1.165, 1.54) is 5.57 Å². The van der Waals surface area contributed by atoms with Gasteiger partial charge in [0, 0.05) is 12.8 Å². The summed E-state index contributed by atoms with van der Waals surface area (Å²) in [5.41, 5.74) is 3.09. The molecule has 33 heavy (non-hydrogen) atoms. The maximum absolute atomic E-state index is 12.4. The van der Waals surface area contributed by atoms with Crippen molar-refractivity contribution in [2.24, 2.45) is 5.92 Å². The number of allylic oxidation sites excluding steroid dienone is 2. The Morgan fingerprint density at radius 2 is 1.97 bits per heavy atom. The molecule has 1 heterocycles. The van der Waals surface area contributed by atoms with E-state index in [4.69, 9.17) is 9.47 Å². The molecule has 3 unspecified atom stereocenters. The van der Waals surface area contributed by atoms with Crippen molar-refractivity contribution in [3.63, 3.8) is 0 Å². The van der Waals surface area contributed by atoms with Gasteiger partial charge in [-0.1, -0.05) is 51.7 Å². The molecule has 0 amide bonds. The molecule has 1 aliphatic heterocycles. The standard InChI is InChI=1S/C27H39F3O3/c1-6-10-19(2)11-9-14-26(31)16-13-23-24(32-5)17-22(18-25(23)33-26)21(4)20(3)12-7-8-15-27(28,29)30/h11,13,16-18,20-21,31H,6-10,12,14-15H2,1-5H3. The third-order valence-electron chi connectivity index (χ3n) is 6.53. The first-order chi connectivity index (χ1) is 15.5. The third-order valence-corrected chi connectivity index (χ3v) is 6.53. The van der Waals surface area contributed by atoms with Gasteiger partial charge in [-0.25, -0.2) is 0 Å². The Hall–Kier alpha value is -1.95. The van der Waals surface area contributed by atoms with E-state index in [0.29, 0.717) is 37.2 Å². The number of ether oxygens (including phenoxy) is 2. The highest BCUT2D eigenvalue weighted by molar-refractivity contribution is 5.68. The number of aliphatic hydroxyl groups is 1. The third kappa shape index (κ3) is 8.40. The zero-order valence-electron chi connectivity index (χ0n) is 20.6. The number of fused-ring (bicyclic) bond motifs is 1. The molecule has 6 heteroatoms. The summed E-state index contributed by atoms with van der Waals surface area (Å²) < 4.78 is 48.8. The highest BCUT2D eigenvalue weighted by Crippen LogP contribution is 2.42.